The van der Waals surface area contributed by atoms with Gasteiger partial charge in [0.15, 0.2) is 0 Å². The Bertz CT molecular complexity index is 674. The monoisotopic (exact) mass is 313 g/mol. The SMILES string of the molecule is CCc1ccccc1OC1CN(C(=O)CCn2ccc(C)n2)C1. The largest absolute Gasteiger partial charge is 0.486 e. The van der Waals surface area contributed by atoms with Crippen molar-refractivity contribution in [3.8, 4) is 5.75 Å². The molecule has 122 valence electrons. The molecule has 1 aliphatic heterocycles. The summed E-state index contributed by atoms with van der Waals surface area (Å²) in [7, 11) is 0. The zero-order valence-corrected chi connectivity index (χ0v) is 13.7. The number of nitrogens with zero attached hydrogens (tertiary/aromatic N) is 3. The highest BCUT2D eigenvalue weighted by Crippen LogP contribution is 2.23. The van der Waals surface area contributed by atoms with Gasteiger partial charge in [0.2, 0.25) is 5.91 Å². The second-order valence-corrected chi connectivity index (χ2v) is 5.97. The van der Waals surface area contributed by atoms with Gasteiger partial charge in [0.25, 0.3) is 0 Å². The maximum Gasteiger partial charge on any atom is 0.224 e. The number of carbonyl (C=O) groups is 1. The topological polar surface area (TPSA) is 47.4 Å². The van der Waals surface area contributed by atoms with Crippen LogP contribution in [0.25, 0.3) is 0 Å². The van der Waals surface area contributed by atoms with Gasteiger partial charge in [-0.25, -0.2) is 0 Å². The smallest absolute Gasteiger partial charge is 0.224 e. The van der Waals surface area contributed by atoms with E-state index in [1.54, 1.807) is 0 Å². The normalized spacial score (nSPS) is 14.6. The van der Waals surface area contributed by atoms with Crippen molar-refractivity contribution in [2.75, 3.05) is 13.1 Å². The van der Waals surface area contributed by atoms with Crippen molar-refractivity contribution < 1.29 is 9.53 Å². The first-order valence-corrected chi connectivity index (χ1v) is 8.18. The molecular formula is C18H23N3O2. The van der Waals surface area contributed by atoms with Crippen LogP contribution >= 0.6 is 0 Å². The molecule has 1 amide bonds. The van der Waals surface area contributed by atoms with Crippen LogP contribution in [-0.2, 0) is 17.8 Å². The fourth-order valence-corrected chi connectivity index (χ4v) is 2.76. The van der Waals surface area contributed by atoms with E-state index < -0.39 is 0 Å². The van der Waals surface area contributed by atoms with E-state index in [0.29, 0.717) is 26.1 Å². The minimum Gasteiger partial charge on any atom is -0.486 e. The Morgan fingerprint density at radius 2 is 2.09 bits per heavy atom. The van der Waals surface area contributed by atoms with Crippen LogP contribution in [0.1, 0.15) is 24.6 Å². The zero-order valence-electron chi connectivity index (χ0n) is 13.7. The second-order valence-electron chi connectivity index (χ2n) is 5.97. The number of carbonyl (C=O) groups excluding carboxylic acids is 1. The summed E-state index contributed by atoms with van der Waals surface area (Å²) in [5, 5.41) is 4.30. The van der Waals surface area contributed by atoms with Crippen LogP contribution in [0.2, 0.25) is 0 Å². The van der Waals surface area contributed by atoms with Crippen LogP contribution in [0.5, 0.6) is 5.75 Å². The lowest BCUT2D eigenvalue weighted by atomic mass is 10.1. The highest BCUT2D eigenvalue weighted by Gasteiger charge is 2.32. The number of aromatic nitrogens is 2. The van der Waals surface area contributed by atoms with Crippen LogP contribution in [0.4, 0.5) is 0 Å². The standard InChI is InChI=1S/C18H23N3O2/c1-3-15-6-4-5-7-17(15)23-16-12-20(13-16)18(22)9-11-21-10-8-14(2)19-21/h4-8,10,16H,3,9,11-13H2,1-2H3. The first-order chi connectivity index (χ1) is 11.2. The molecule has 0 bridgehead atoms. The molecule has 23 heavy (non-hydrogen) atoms. The number of rotatable bonds is 6. The number of amides is 1. The molecule has 0 aliphatic carbocycles. The van der Waals surface area contributed by atoms with Gasteiger partial charge >= 0.3 is 0 Å². The molecule has 1 aromatic carbocycles. The molecule has 2 heterocycles. The Kier molecular flexibility index (Phi) is 4.65. The quantitative estimate of drug-likeness (QED) is 0.823. The summed E-state index contributed by atoms with van der Waals surface area (Å²) in [6.07, 6.45) is 3.46. The molecule has 1 aliphatic rings. The third-order valence-corrected chi connectivity index (χ3v) is 4.18. The molecule has 1 aromatic heterocycles. The minimum absolute atomic E-state index is 0.110. The fraction of sp³-hybridized carbons (Fsp3) is 0.444. The zero-order chi connectivity index (χ0) is 16.2. The van der Waals surface area contributed by atoms with Crippen LogP contribution in [0.3, 0.4) is 0 Å². The van der Waals surface area contributed by atoms with Crippen LogP contribution in [0, 0.1) is 6.92 Å². The van der Waals surface area contributed by atoms with E-state index in [9.17, 15) is 4.79 Å². The molecule has 5 heteroatoms. The summed E-state index contributed by atoms with van der Waals surface area (Å²) < 4.78 is 7.83. The van der Waals surface area contributed by atoms with Gasteiger partial charge in [0, 0.05) is 19.2 Å². The summed E-state index contributed by atoms with van der Waals surface area (Å²) in [6, 6.07) is 10.1. The van der Waals surface area contributed by atoms with Gasteiger partial charge in [-0.2, -0.15) is 5.10 Å². The van der Waals surface area contributed by atoms with Crippen molar-refractivity contribution in [2.45, 2.75) is 39.3 Å². The van der Waals surface area contributed by atoms with E-state index in [0.717, 1.165) is 17.9 Å². The maximum absolute atomic E-state index is 12.2. The molecule has 0 saturated carbocycles. The lowest BCUT2D eigenvalue weighted by Crippen LogP contribution is -2.56. The number of hydrogen-bond acceptors (Lipinski definition) is 3. The molecule has 2 aromatic rings. The Hall–Kier alpha value is -2.30. The Morgan fingerprint density at radius 3 is 2.78 bits per heavy atom. The molecule has 5 nitrogen and oxygen atoms in total. The van der Waals surface area contributed by atoms with E-state index in [1.165, 1.54) is 5.56 Å². The maximum atomic E-state index is 12.2. The van der Waals surface area contributed by atoms with E-state index in [2.05, 4.69) is 18.1 Å². The Labute approximate surface area is 136 Å². The van der Waals surface area contributed by atoms with E-state index in [4.69, 9.17) is 4.74 Å². The van der Waals surface area contributed by atoms with Crippen molar-refractivity contribution in [1.29, 1.82) is 0 Å². The average molecular weight is 313 g/mol. The van der Waals surface area contributed by atoms with Crippen LogP contribution in [0.15, 0.2) is 36.5 Å². The molecule has 0 N–H and O–H groups in total. The van der Waals surface area contributed by atoms with Crippen LogP contribution in [-0.4, -0.2) is 39.8 Å². The van der Waals surface area contributed by atoms with Gasteiger partial charge in [0.1, 0.15) is 11.9 Å². The van der Waals surface area contributed by atoms with Gasteiger partial charge < -0.3 is 9.64 Å². The van der Waals surface area contributed by atoms with E-state index >= 15 is 0 Å². The minimum atomic E-state index is 0.110. The summed E-state index contributed by atoms with van der Waals surface area (Å²) in [6.45, 7) is 6.05. The summed E-state index contributed by atoms with van der Waals surface area (Å²) in [5.74, 6) is 1.11. The number of aryl methyl sites for hydroxylation is 3. The van der Waals surface area contributed by atoms with Gasteiger partial charge in [0.05, 0.1) is 18.8 Å². The number of ether oxygens (including phenoxy) is 1. The predicted octanol–water partition coefficient (Wildman–Crippen LogP) is 2.43. The molecule has 0 radical (unpaired) electrons. The summed E-state index contributed by atoms with van der Waals surface area (Å²) in [5.41, 5.74) is 2.19. The average Bonchev–Trinajstić information content (AvgIpc) is 2.94. The summed E-state index contributed by atoms with van der Waals surface area (Å²) >= 11 is 0. The molecule has 1 fully saturated rings. The van der Waals surface area contributed by atoms with E-state index in [1.807, 2.05) is 47.0 Å². The lowest BCUT2D eigenvalue weighted by molar-refractivity contribution is -0.140. The Morgan fingerprint density at radius 1 is 1.30 bits per heavy atom. The molecule has 1 saturated heterocycles. The number of para-hydroxylation sites is 1. The summed E-state index contributed by atoms with van der Waals surface area (Å²) in [4.78, 5) is 14.0. The molecule has 0 atom stereocenters. The van der Waals surface area contributed by atoms with Crippen molar-refractivity contribution in [2.24, 2.45) is 0 Å². The molecule has 0 unspecified atom stereocenters. The van der Waals surface area contributed by atoms with Crippen LogP contribution < -0.4 is 4.74 Å². The van der Waals surface area contributed by atoms with Gasteiger partial charge in [-0.05, 0) is 31.0 Å². The molecule has 0 spiro atoms. The molecule has 3 rings (SSSR count). The predicted molar refractivity (Wildman–Crippen MR) is 88.4 cm³/mol. The van der Waals surface area contributed by atoms with Gasteiger partial charge in [-0.1, -0.05) is 25.1 Å². The van der Waals surface area contributed by atoms with Gasteiger partial charge in [-0.3, -0.25) is 9.48 Å². The van der Waals surface area contributed by atoms with Crippen molar-refractivity contribution in [3.05, 3.63) is 47.8 Å². The third kappa shape index (κ3) is 3.73. The fourth-order valence-electron chi connectivity index (χ4n) is 2.76. The third-order valence-electron chi connectivity index (χ3n) is 4.18. The van der Waals surface area contributed by atoms with Gasteiger partial charge in [-0.15, -0.1) is 0 Å². The van der Waals surface area contributed by atoms with Crippen molar-refractivity contribution in [1.82, 2.24) is 14.7 Å². The highest BCUT2D eigenvalue weighted by atomic mass is 16.5. The number of likely N-dealkylation sites (tertiary alicyclic amines) is 1. The second kappa shape index (κ2) is 6.86. The highest BCUT2D eigenvalue weighted by molar-refractivity contribution is 5.77. The number of hydrogen-bond donors (Lipinski definition) is 0. The Balaban J connectivity index is 1.44. The number of benzene rings is 1. The first kappa shape index (κ1) is 15.6. The van der Waals surface area contributed by atoms with E-state index in [-0.39, 0.29) is 12.0 Å². The van der Waals surface area contributed by atoms with Crippen molar-refractivity contribution in [3.63, 3.8) is 0 Å². The molecular weight excluding hydrogens is 290 g/mol. The van der Waals surface area contributed by atoms with Crippen molar-refractivity contribution >= 4 is 5.91 Å². The first-order valence-electron chi connectivity index (χ1n) is 8.18. The lowest BCUT2D eigenvalue weighted by Gasteiger charge is -2.39.